The summed E-state index contributed by atoms with van der Waals surface area (Å²) in [5.74, 6) is -2.10. The Morgan fingerprint density at radius 2 is 1.68 bits per heavy atom. The molecule has 7 atom stereocenters. The highest BCUT2D eigenvalue weighted by Crippen LogP contribution is 2.69. The maximum absolute atomic E-state index is 14.5. The van der Waals surface area contributed by atoms with Gasteiger partial charge in [0, 0.05) is 11.8 Å². The highest BCUT2D eigenvalue weighted by Gasteiger charge is 2.76. The molecule has 212 valence electrons. The highest BCUT2D eigenvalue weighted by atomic mass is 35.5. The smallest absolute Gasteiger partial charge is 0.248 e. The second-order valence-electron chi connectivity index (χ2n) is 11.1. The molecule has 1 spiro atoms. The molecular formula is C32H32ClN3O4S. The van der Waals surface area contributed by atoms with E-state index in [0.717, 1.165) is 17.5 Å². The minimum atomic E-state index is -0.912. The van der Waals surface area contributed by atoms with Crippen molar-refractivity contribution in [3.63, 3.8) is 0 Å². The first kappa shape index (κ1) is 27.8. The van der Waals surface area contributed by atoms with Gasteiger partial charge in [-0.2, -0.15) is 0 Å². The molecule has 9 heteroatoms. The number of likely N-dealkylation sites (tertiary alicyclic amines) is 1. The number of nitrogens with one attached hydrogen (secondary N) is 2. The number of benzene rings is 3. The van der Waals surface area contributed by atoms with Crippen LogP contribution in [0.15, 0.2) is 84.9 Å². The Balaban J connectivity index is 1.39. The van der Waals surface area contributed by atoms with Crippen LogP contribution in [0.5, 0.6) is 0 Å². The van der Waals surface area contributed by atoms with Crippen LogP contribution in [0.2, 0.25) is 5.02 Å². The average molecular weight is 590 g/mol. The molecule has 3 aliphatic heterocycles. The van der Waals surface area contributed by atoms with Gasteiger partial charge in [0.25, 0.3) is 0 Å². The number of para-hydroxylation sites is 1. The molecule has 3 fully saturated rings. The van der Waals surface area contributed by atoms with Gasteiger partial charge >= 0.3 is 0 Å². The number of aliphatic hydroxyl groups is 1. The van der Waals surface area contributed by atoms with Gasteiger partial charge in [-0.15, -0.1) is 11.8 Å². The van der Waals surface area contributed by atoms with Gasteiger partial charge in [0.15, 0.2) is 0 Å². The quantitative estimate of drug-likeness (QED) is 0.355. The van der Waals surface area contributed by atoms with Gasteiger partial charge in [-0.3, -0.25) is 14.4 Å². The molecule has 3 amide bonds. The zero-order valence-electron chi connectivity index (χ0n) is 22.6. The summed E-state index contributed by atoms with van der Waals surface area (Å²) in [7, 11) is 0. The monoisotopic (exact) mass is 589 g/mol. The van der Waals surface area contributed by atoms with Crippen LogP contribution < -0.4 is 10.6 Å². The first-order valence-corrected chi connectivity index (χ1v) is 15.2. The second-order valence-corrected chi connectivity index (χ2v) is 13.0. The van der Waals surface area contributed by atoms with Crippen molar-refractivity contribution in [2.45, 2.75) is 42.0 Å². The molecule has 0 radical (unpaired) electrons. The van der Waals surface area contributed by atoms with Crippen molar-refractivity contribution >= 4 is 46.8 Å². The van der Waals surface area contributed by atoms with E-state index in [0.29, 0.717) is 17.3 Å². The third-order valence-corrected chi connectivity index (χ3v) is 11.3. The Hall–Kier alpha value is -3.33. The molecule has 3 aromatic carbocycles. The van der Waals surface area contributed by atoms with E-state index in [2.05, 4.69) is 17.6 Å². The topological polar surface area (TPSA) is 98.7 Å². The SMILES string of the molecule is CC1C[C@@H]2SC13C(C(=O)Nc1ccccc1Cl)N([C@H](CO)c1ccccc1)C(=O)[C@@H]3[C@@H]2C(=O)NCc1ccccc1. The number of aliphatic hydroxyl groups excluding tert-OH is 1. The molecule has 3 aliphatic rings. The average Bonchev–Trinajstić information content (AvgIpc) is 3.58. The predicted molar refractivity (Wildman–Crippen MR) is 160 cm³/mol. The molecule has 0 saturated carbocycles. The van der Waals surface area contributed by atoms with E-state index >= 15 is 0 Å². The molecule has 3 saturated heterocycles. The van der Waals surface area contributed by atoms with Crippen LogP contribution in [0.1, 0.15) is 30.5 Å². The van der Waals surface area contributed by atoms with Crippen molar-refractivity contribution in [3.8, 4) is 0 Å². The minimum Gasteiger partial charge on any atom is -0.394 e. The number of halogens is 1. The van der Waals surface area contributed by atoms with Gasteiger partial charge in [0.05, 0.1) is 39.9 Å². The van der Waals surface area contributed by atoms with Crippen LogP contribution in [0, 0.1) is 17.8 Å². The van der Waals surface area contributed by atoms with Gasteiger partial charge < -0.3 is 20.6 Å². The van der Waals surface area contributed by atoms with Crippen LogP contribution >= 0.6 is 23.4 Å². The first-order valence-electron chi connectivity index (χ1n) is 13.9. The van der Waals surface area contributed by atoms with Gasteiger partial charge in [-0.1, -0.05) is 91.3 Å². The molecule has 3 unspecified atom stereocenters. The van der Waals surface area contributed by atoms with Crippen molar-refractivity contribution in [3.05, 3.63) is 101 Å². The lowest BCUT2D eigenvalue weighted by Gasteiger charge is -2.40. The lowest BCUT2D eigenvalue weighted by atomic mass is 9.66. The van der Waals surface area contributed by atoms with Crippen LogP contribution in [-0.4, -0.2) is 50.4 Å². The van der Waals surface area contributed by atoms with E-state index in [1.165, 1.54) is 0 Å². The fourth-order valence-electron chi connectivity index (χ4n) is 7.09. The first-order chi connectivity index (χ1) is 19.9. The number of fused-ring (bicyclic) bond motifs is 1. The van der Waals surface area contributed by atoms with E-state index in [1.54, 1.807) is 40.9 Å². The lowest BCUT2D eigenvalue weighted by molar-refractivity contribution is -0.142. The third-order valence-electron chi connectivity index (χ3n) is 8.87. The predicted octanol–water partition coefficient (Wildman–Crippen LogP) is 4.67. The number of hydrogen-bond acceptors (Lipinski definition) is 5. The Morgan fingerprint density at radius 3 is 2.37 bits per heavy atom. The maximum atomic E-state index is 14.5. The summed E-state index contributed by atoms with van der Waals surface area (Å²) in [5.41, 5.74) is 2.15. The Labute approximate surface area is 248 Å². The fraction of sp³-hybridized carbons (Fsp3) is 0.344. The Morgan fingerprint density at radius 1 is 1.02 bits per heavy atom. The molecule has 41 heavy (non-hydrogen) atoms. The zero-order valence-corrected chi connectivity index (χ0v) is 24.1. The highest BCUT2D eigenvalue weighted by molar-refractivity contribution is 8.02. The summed E-state index contributed by atoms with van der Waals surface area (Å²) >= 11 is 8.00. The number of amides is 3. The molecule has 0 aromatic heterocycles. The lowest BCUT2D eigenvalue weighted by Crippen LogP contribution is -2.55. The number of carbonyl (C=O) groups is 3. The number of thioether (sulfide) groups is 1. The molecule has 3 N–H and O–H groups in total. The van der Waals surface area contributed by atoms with E-state index in [1.807, 2.05) is 60.7 Å². The number of anilines is 1. The van der Waals surface area contributed by atoms with Crippen molar-refractivity contribution in [2.24, 2.45) is 17.8 Å². The Kier molecular flexibility index (Phi) is 7.57. The van der Waals surface area contributed by atoms with Crippen LogP contribution in [0.3, 0.4) is 0 Å². The molecule has 6 rings (SSSR count). The van der Waals surface area contributed by atoms with Crippen molar-refractivity contribution in [1.82, 2.24) is 10.2 Å². The van der Waals surface area contributed by atoms with Crippen LogP contribution in [-0.2, 0) is 20.9 Å². The van der Waals surface area contributed by atoms with Gasteiger partial charge in [-0.05, 0) is 35.6 Å². The third kappa shape index (κ3) is 4.62. The summed E-state index contributed by atoms with van der Waals surface area (Å²) in [6.07, 6.45) is 0.719. The number of carbonyl (C=O) groups excluding carboxylic acids is 3. The molecular weight excluding hydrogens is 558 g/mol. The number of nitrogens with zero attached hydrogens (tertiary/aromatic N) is 1. The molecule has 7 nitrogen and oxygen atoms in total. The van der Waals surface area contributed by atoms with E-state index < -0.39 is 28.7 Å². The van der Waals surface area contributed by atoms with E-state index in [-0.39, 0.29) is 35.5 Å². The molecule has 3 aromatic rings. The van der Waals surface area contributed by atoms with Gasteiger partial charge in [-0.25, -0.2) is 0 Å². The van der Waals surface area contributed by atoms with E-state index in [4.69, 9.17) is 11.6 Å². The maximum Gasteiger partial charge on any atom is 0.248 e. The molecule has 2 bridgehead atoms. The van der Waals surface area contributed by atoms with Gasteiger partial charge in [0.2, 0.25) is 17.7 Å². The standard InChI is InChI=1S/C32H32ClN3O4S/c1-19-16-25-26(29(38)34-17-20-10-4-2-5-11-20)27-31(40)36(24(18-37)21-12-6-3-7-13-21)28(32(19,27)41-25)30(39)35-23-15-9-8-14-22(23)33/h2-15,19,24-28,37H,16-18H2,1H3,(H,34,38)(H,35,39)/t19?,24-,25+,26-,27+,28?,32?/m1/s1. The summed E-state index contributed by atoms with van der Waals surface area (Å²) in [4.78, 5) is 44.1. The largest absolute Gasteiger partial charge is 0.394 e. The second kappa shape index (κ2) is 11.2. The van der Waals surface area contributed by atoms with Gasteiger partial charge in [0.1, 0.15) is 6.04 Å². The summed E-state index contributed by atoms with van der Waals surface area (Å²) in [6.45, 7) is 2.07. The summed E-state index contributed by atoms with van der Waals surface area (Å²) in [5, 5.41) is 17.0. The van der Waals surface area contributed by atoms with Crippen molar-refractivity contribution < 1.29 is 19.5 Å². The summed E-state index contributed by atoms with van der Waals surface area (Å²) < 4.78 is -0.829. The number of hydrogen-bond donors (Lipinski definition) is 3. The van der Waals surface area contributed by atoms with E-state index in [9.17, 15) is 19.5 Å². The minimum absolute atomic E-state index is 0.00765. The number of rotatable bonds is 8. The van der Waals surface area contributed by atoms with Crippen molar-refractivity contribution in [1.29, 1.82) is 0 Å². The normalized spacial score (nSPS) is 28.8. The molecule has 3 heterocycles. The van der Waals surface area contributed by atoms with Crippen molar-refractivity contribution in [2.75, 3.05) is 11.9 Å². The Bertz CT molecular complexity index is 1460. The summed E-state index contributed by atoms with van der Waals surface area (Å²) in [6, 6.07) is 24.2. The van der Waals surface area contributed by atoms with Crippen LogP contribution in [0.25, 0.3) is 0 Å². The zero-order chi connectivity index (χ0) is 28.7. The molecule has 0 aliphatic carbocycles. The fourth-order valence-corrected chi connectivity index (χ4v) is 9.68. The van der Waals surface area contributed by atoms with Crippen LogP contribution in [0.4, 0.5) is 5.69 Å².